The molecule has 0 aliphatic rings. The van der Waals surface area contributed by atoms with Gasteiger partial charge in [0.05, 0.1) is 0 Å². The van der Waals surface area contributed by atoms with Crippen LogP contribution in [0, 0.1) is 5.92 Å². The monoisotopic (exact) mass is 238 g/mol. The van der Waals surface area contributed by atoms with Crippen molar-refractivity contribution in [3.63, 3.8) is 0 Å². The molecule has 0 unspecified atom stereocenters. The lowest BCUT2D eigenvalue weighted by molar-refractivity contribution is 0.607. The van der Waals surface area contributed by atoms with Crippen LogP contribution in [0.2, 0.25) is 0 Å². The lowest BCUT2D eigenvalue weighted by Crippen LogP contribution is -2.42. The van der Waals surface area contributed by atoms with Gasteiger partial charge in [0, 0.05) is 19.6 Å². The molecule has 0 aromatic heterocycles. The summed E-state index contributed by atoms with van der Waals surface area (Å²) in [5, 5.41) is 3.10. The molecule has 0 amide bonds. The highest BCUT2D eigenvalue weighted by molar-refractivity contribution is 5.75. The summed E-state index contributed by atoms with van der Waals surface area (Å²) in [5.41, 5.74) is 0.375. The minimum atomic E-state index is -0.365. The largest absolute Gasteiger partial charge is 0.380 e. The molecule has 1 N–H and O–H groups in total. The lowest BCUT2D eigenvalue weighted by atomic mass is 10.1. The number of anilines is 2. The number of nitrogens with zero attached hydrogens (tertiary/aromatic N) is 1. The zero-order valence-electron chi connectivity index (χ0n) is 11.2. The molecule has 0 atom stereocenters. The van der Waals surface area contributed by atoms with Crippen LogP contribution in [0.3, 0.4) is 0 Å². The zero-order chi connectivity index (χ0) is 13.0. The number of rotatable bonds is 7. The van der Waals surface area contributed by atoms with Crippen molar-refractivity contribution in [3.8, 4) is 0 Å². The van der Waals surface area contributed by atoms with Crippen LogP contribution < -0.4 is 21.1 Å². The van der Waals surface area contributed by atoms with E-state index in [4.69, 9.17) is 0 Å². The molecule has 0 aliphatic carbocycles. The molecule has 0 saturated heterocycles. The van der Waals surface area contributed by atoms with Crippen LogP contribution in [0.5, 0.6) is 0 Å². The maximum absolute atomic E-state index is 11.5. The number of nitrogens with one attached hydrogen (secondary N) is 1. The predicted octanol–water partition coefficient (Wildman–Crippen LogP) is 1.59. The molecule has 0 saturated carbocycles. The Balaban J connectivity index is 2.76. The van der Waals surface area contributed by atoms with Gasteiger partial charge in [0.2, 0.25) is 0 Å². The highest BCUT2D eigenvalue weighted by Crippen LogP contribution is 2.19. The highest BCUT2D eigenvalue weighted by atomic mass is 16.2. The Hall–Kier alpha value is -1.32. The Kier molecular flexibility index (Phi) is 4.73. The summed E-state index contributed by atoms with van der Waals surface area (Å²) in [6.07, 6.45) is 0.997. The van der Waals surface area contributed by atoms with E-state index in [0.29, 0.717) is 17.3 Å². The normalized spacial score (nSPS) is 11.1. The van der Waals surface area contributed by atoms with E-state index in [1.165, 1.54) is 0 Å². The zero-order valence-corrected chi connectivity index (χ0v) is 11.2. The molecule has 4 nitrogen and oxygen atoms in total. The van der Waals surface area contributed by atoms with Crippen LogP contribution >= 0.6 is 0 Å². The molecule has 17 heavy (non-hydrogen) atoms. The Morgan fingerprint density at radius 1 is 1.12 bits per heavy atom. The van der Waals surface area contributed by atoms with E-state index in [0.717, 1.165) is 26.1 Å². The second-order valence-electron chi connectivity index (χ2n) is 4.66. The van der Waals surface area contributed by atoms with Crippen molar-refractivity contribution in [1.29, 1.82) is 0 Å². The summed E-state index contributed by atoms with van der Waals surface area (Å²) in [5.74, 6) is 0.589. The SMILES string of the molecule is CCN(CC)c1c(NCCC(C)C)c(=O)c1=O. The van der Waals surface area contributed by atoms with E-state index in [2.05, 4.69) is 19.2 Å². The van der Waals surface area contributed by atoms with Crippen LogP contribution in [-0.4, -0.2) is 19.6 Å². The molecule has 0 aliphatic heterocycles. The van der Waals surface area contributed by atoms with Gasteiger partial charge in [0.1, 0.15) is 11.4 Å². The van der Waals surface area contributed by atoms with Gasteiger partial charge in [-0.05, 0) is 26.2 Å². The van der Waals surface area contributed by atoms with Crippen molar-refractivity contribution < 1.29 is 0 Å². The van der Waals surface area contributed by atoms with Gasteiger partial charge in [-0.3, -0.25) is 9.59 Å². The molecule has 0 heterocycles. The first-order valence-electron chi connectivity index (χ1n) is 6.35. The predicted molar refractivity (Wildman–Crippen MR) is 72.9 cm³/mol. The third-order valence-electron chi connectivity index (χ3n) is 2.99. The molecule has 0 bridgehead atoms. The molecule has 0 spiro atoms. The quantitative estimate of drug-likeness (QED) is 0.733. The van der Waals surface area contributed by atoms with Gasteiger partial charge in [0.15, 0.2) is 0 Å². The Labute approximate surface area is 102 Å². The van der Waals surface area contributed by atoms with Crippen LogP contribution in [0.25, 0.3) is 0 Å². The standard InChI is InChI=1S/C13H22N2O2/c1-5-15(6-2)11-10(12(16)13(11)17)14-8-7-9(3)4/h9,14H,5-8H2,1-4H3. The summed E-state index contributed by atoms with van der Waals surface area (Å²) in [7, 11) is 0. The molecule has 0 radical (unpaired) electrons. The van der Waals surface area contributed by atoms with Gasteiger partial charge in [-0.25, -0.2) is 0 Å². The van der Waals surface area contributed by atoms with Gasteiger partial charge in [-0.2, -0.15) is 0 Å². The first-order chi connectivity index (χ1) is 8.02. The van der Waals surface area contributed by atoms with Gasteiger partial charge in [-0.1, -0.05) is 13.8 Å². The molecular formula is C13H22N2O2. The fraction of sp³-hybridized carbons (Fsp3) is 0.692. The van der Waals surface area contributed by atoms with Gasteiger partial charge < -0.3 is 10.2 Å². The highest BCUT2D eigenvalue weighted by Gasteiger charge is 2.23. The van der Waals surface area contributed by atoms with Crippen LogP contribution in [0.4, 0.5) is 11.4 Å². The average molecular weight is 238 g/mol. The summed E-state index contributed by atoms with van der Waals surface area (Å²) in [4.78, 5) is 25.0. The fourth-order valence-corrected chi connectivity index (χ4v) is 1.87. The maximum Gasteiger partial charge on any atom is 0.253 e. The van der Waals surface area contributed by atoms with Crippen LogP contribution in [-0.2, 0) is 0 Å². The van der Waals surface area contributed by atoms with E-state index in [1.54, 1.807) is 0 Å². The van der Waals surface area contributed by atoms with E-state index in [9.17, 15) is 9.59 Å². The van der Waals surface area contributed by atoms with E-state index >= 15 is 0 Å². The number of hydrogen-bond acceptors (Lipinski definition) is 4. The molecule has 1 aromatic rings. The second kappa shape index (κ2) is 5.84. The molecule has 1 aromatic carbocycles. The van der Waals surface area contributed by atoms with Crippen molar-refractivity contribution in [3.05, 3.63) is 20.4 Å². The fourth-order valence-electron chi connectivity index (χ4n) is 1.87. The van der Waals surface area contributed by atoms with Gasteiger partial charge >= 0.3 is 0 Å². The molecular weight excluding hydrogens is 216 g/mol. The third-order valence-corrected chi connectivity index (χ3v) is 2.99. The van der Waals surface area contributed by atoms with E-state index < -0.39 is 0 Å². The molecule has 96 valence electrons. The van der Waals surface area contributed by atoms with Gasteiger partial charge in [0.25, 0.3) is 10.9 Å². The number of hydrogen-bond donors (Lipinski definition) is 1. The topological polar surface area (TPSA) is 49.4 Å². The molecule has 0 fully saturated rings. The van der Waals surface area contributed by atoms with E-state index in [1.807, 2.05) is 18.7 Å². The van der Waals surface area contributed by atoms with Crippen molar-refractivity contribution in [2.24, 2.45) is 5.92 Å². The van der Waals surface area contributed by atoms with Gasteiger partial charge in [-0.15, -0.1) is 0 Å². The van der Waals surface area contributed by atoms with E-state index in [-0.39, 0.29) is 10.9 Å². The average Bonchev–Trinajstić information content (AvgIpc) is 2.31. The lowest BCUT2D eigenvalue weighted by Gasteiger charge is -2.25. The Morgan fingerprint density at radius 2 is 1.71 bits per heavy atom. The first kappa shape index (κ1) is 13.7. The summed E-state index contributed by atoms with van der Waals surface area (Å²) < 4.78 is 0. The second-order valence-corrected chi connectivity index (χ2v) is 4.66. The Morgan fingerprint density at radius 3 is 2.18 bits per heavy atom. The van der Waals surface area contributed by atoms with Crippen LogP contribution in [0.15, 0.2) is 9.59 Å². The van der Waals surface area contributed by atoms with Crippen molar-refractivity contribution >= 4 is 11.4 Å². The summed E-state index contributed by atoms with van der Waals surface area (Å²) in [6.45, 7) is 10.5. The minimum absolute atomic E-state index is 0.347. The first-order valence-corrected chi connectivity index (χ1v) is 6.35. The molecule has 4 heteroatoms. The van der Waals surface area contributed by atoms with Crippen molar-refractivity contribution in [2.45, 2.75) is 34.1 Å². The maximum atomic E-state index is 11.5. The van der Waals surface area contributed by atoms with Crippen molar-refractivity contribution in [2.75, 3.05) is 29.9 Å². The minimum Gasteiger partial charge on any atom is -0.380 e. The summed E-state index contributed by atoms with van der Waals surface area (Å²) in [6, 6.07) is 0. The van der Waals surface area contributed by atoms with Crippen molar-refractivity contribution in [1.82, 2.24) is 0 Å². The molecule has 1 rings (SSSR count). The smallest absolute Gasteiger partial charge is 0.253 e. The van der Waals surface area contributed by atoms with Crippen LogP contribution in [0.1, 0.15) is 34.1 Å². The Bertz CT molecular complexity index is 427. The summed E-state index contributed by atoms with van der Waals surface area (Å²) >= 11 is 0. The third kappa shape index (κ3) is 2.87.